The highest BCUT2D eigenvalue weighted by atomic mass is 16.5. The van der Waals surface area contributed by atoms with Crippen LogP contribution in [-0.2, 0) is 0 Å². The lowest BCUT2D eigenvalue weighted by Gasteiger charge is -2.33. The summed E-state index contributed by atoms with van der Waals surface area (Å²) in [6, 6.07) is 6.26. The molecule has 0 N–H and O–H groups in total. The maximum Gasteiger partial charge on any atom is 0.174 e. The SMILES string of the molecule is CC1COc2cc(N=NC3=CN(C)N=CN3C)ccc2N1C. The van der Waals surface area contributed by atoms with Gasteiger partial charge in [0.05, 0.1) is 23.6 Å². The molecule has 0 bridgehead atoms. The summed E-state index contributed by atoms with van der Waals surface area (Å²) in [5.41, 5.74) is 1.85. The Morgan fingerprint density at radius 2 is 2.05 bits per heavy atom. The molecule has 1 aromatic rings. The third-order valence-electron chi connectivity index (χ3n) is 3.80. The molecular formula is C15H20N6O. The van der Waals surface area contributed by atoms with Crippen molar-refractivity contribution in [1.29, 1.82) is 0 Å². The van der Waals surface area contributed by atoms with Gasteiger partial charge in [-0.05, 0) is 19.1 Å². The van der Waals surface area contributed by atoms with E-state index in [0.29, 0.717) is 12.6 Å². The Balaban J connectivity index is 1.81. The molecule has 0 spiro atoms. The van der Waals surface area contributed by atoms with Crippen LogP contribution >= 0.6 is 0 Å². The lowest BCUT2D eigenvalue weighted by Crippen LogP contribution is -2.37. The van der Waals surface area contributed by atoms with Crippen LogP contribution in [0.15, 0.2) is 45.5 Å². The number of hydrogen-bond acceptors (Lipinski definition) is 7. The predicted octanol–water partition coefficient (Wildman–Crippen LogP) is 2.61. The molecule has 0 aromatic heterocycles. The topological polar surface area (TPSA) is 56.0 Å². The number of rotatable bonds is 2. The second-order valence-electron chi connectivity index (χ2n) is 5.53. The zero-order chi connectivity index (χ0) is 15.7. The molecule has 1 atom stereocenters. The van der Waals surface area contributed by atoms with Crippen LogP contribution in [0.2, 0.25) is 0 Å². The molecule has 1 unspecified atom stereocenters. The summed E-state index contributed by atoms with van der Waals surface area (Å²) in [5, 5.41) is 14.4. The van der Waals surface area contributed by atoms with Crippen LogP contribution in [0.4, 0.5) is 11.4 Å². The van der Waals surface area contributed by atoms with Gasteiger partial charge in [-0.3, -0.25) is 5.01 Å². The molecule has 0 aliphatic carbocycles. The Hall–Kier alpha value is -2.57. The van der Waals surface area contributed by atoms with Crippen molar-refractivity contribution >= 4 is 17.7 Å². The highest BCUT2D eigenvalue weighted by Crippen LogP contribution is 2.36. The summed E-state index contributed by atoms with van der Waals surface area (Å²) >= 11 is 0. The third-order valence-corrected chi connectivity index (χ3v) is 3.80. The van der Waals surface area contributed by atoms with Gasteiger partial charge in [0.1, 0.15) is 18.7 Å². The number of benzene rings is 1. The smallest absolute Gasteiger partial charge is 0.174 e. The fraction of sp³-hybridized carbons (Fsp3) is 0.400. The molecule has 0 radical (unpaired) electrons. The maximum atomic E-state index is 5.78. The van der Waals surface area contributed by atoms with E-state index in [1.165, 1.54) is 0 Å². The van der Waals surface area contributed by atoms with Crippen molar-refractivity contribution in [1.82, 2.24) is 9.91 Å². The number of ether oxygens (including phenoxy) is 1. The van der Waals surface area contributed by atoms with Gasteiger partial charge in [0.25, 0.3) is 0 Å². The van der Waals surface area contributed by atoms with Gasteiger partial charge >= 0.3 is 0 Å². The van der Waals surface area contributed by atoms with Crippen LogP contribution in [0.5, 0.6) is 5.75 Å². The average molecular weight is 300 g/mol. The minimum Gasteiger partial charge on any atom is -0.489 e. The van der Waals surface area contributed by atoms with Crippen molar-refractivity contribution in [2.24, 2.45) is 15.3 Å². The Morgan fingerprint density at radius 1 is 1.23 bits per heavy atom. The van der Waals surface area contributed by atoms with E-state index in [1.54, 1.807) is 11.3 Å². The fourth-order valence-electron chi connectivity index (χ4n) is 2.25. The first-order valence-corrected chi connectivity index (χ1v) is 7.17. The molecule has 0 fully saturated rings. The third kappa shape index (κ3) is 2.74. The minimum absolute atomic E-state index is 0.371. The van der Waals surface area contributed by atoms with Gasteiger partial charge in [0.15, 0.2) is 5.82 Å². The molecule has 3 rings (SSSR count). The standard InChI is InChI=1S/C15H20N6O/c1-11-9-22-14-7-12(5-6-13(14)21(11)4)17-18-15-8-20(3)16-10-19(15)2/h5-8,10-11H,9H2,1-4H3. The molecule has 2 aliphatic heterocycles. The highest BCUT2D eigenvalue weighted by molar-refractivity contribution is 5.65. The normalized spacial score (nSPS) is 21.0. The van der Waals surface area contributed by atoms with E-state index in [9.17, 15) is 0 Å². The summed E-state index contributed by atoms with van der Waals surface area (Å²) in [7, 11) is 5.81. The Labute approximate surface area is 130 Å². The number of nitrogens with zero attached hydrogens (tertiary/aromatic N) is 6. The number of hydrazone groups is 1. The average Bonchev–Trinajstić information content (AvgIpc) is 2.52. The lowest BCUT2D eigenvalue weighted by molar-refractivity contribution is 0.275. The maximum absolute atomic E-state index is 5.78. The van der Waals surface area contributed by atoms with E-state index in [0.717, 1.165) is 22.9 Å². The van der Waals surface area contributed by atoms with Gasteiger partial charge in [-0.25, -0.2) is 0 Å². The number of anilines is 1. The monoisotopic (exact) mass is 300 g/mol. The van der Waals surface area contributed by atoms with Gasteiger partial charge < -0.3 is 14.5 Å². The van der Waals surface area contributed by atoms with E-state index >= 15 is 0 Å². The van der Waals surface area contributed by atoms with Gasteiger partial charge in [-0.15, -0.1) is 10.2 Å². The van der Waals surface area contributed by atoms with Gasteiger partial charge in [0, 0.05) is 27.2 Å². The van der Waals surface area contributed by atoms with Gasteiger partial charge in [-0.1, -0.05) is 0 Å². The van der Waals surface area contributed by atoms with E-state index in [4.69, 9.17) is 4.74 Å². The molecular weight excluding hydrogens is 280 g/mol. The van der Waals surface area contributed by atoms with Crippen LogP contribution in [0, 0.1) is 0 Å². The van der Waals surface area contributed by atoms with Crippen LogP contribution in [0.25, 0.3) is 0 Å². The summed E-state index contributed by atoms with van der Waals surface area (Å²) in [4.78, 5) is 4.02. The molecule has 7 nitrogen and oxygen atoms in total. The second kappa shape index (κ2) is 5.67. The molecule has 116 valence electrons. The Bertz CT molecular complexity index is 653. The zero-order valence-electron chi connectivity index (χ0n) is 13.3. The minimum atomic E-state index is 0.371. The van der Waals surface area contributed by atoms with Crippen LogP contribution in [0.3, 0.4) is 0 Å². The van der Waals surface area contributed by atoms with E-state index in [2.05, 4.69) is 34.2 Å². The number of likely N-dealkylation sites (N-methyl/N-ethyl adjacent to an activating group) is 1. The molecule has 2 aliphatic rings. The van der Waals surface area contributed by atoms with Crippen LogP contribution in [-0.4, -0.2) is 50.0 Å². The summed E-state index contributed by atoms with van der Waals surface area (Å²) in [6.45, 7) is 2.82. The molecule has 0 saturated heterocycles. The molecule has 22 heavy (non-hydrogen) atoms. The molecule has 2 heterocycles. The predicted molar refractivity (Wildman–Crippen MR) is 86.4 cm³/mol. The summed E-state index contributed by atoms with van der Waals surface area (Å²) < 4.78 is 5.78. The van der Waals surface area contributed by atoms with Gasteiger partial charge in [0.2, 0.25) is 0 Å². The van der Waals surface area contributed by atoms with Crippen LogP contribution < -0.4 is 9.64 Å². The zero-order valence-corrected chi connectivity index (χ0v) is 13.3. The number of fused-ring (bicyclic) bond motifs is 1. The summed E-state index contributed by atoms with van der Waals surface area (Å²) in [5.74, 6) is 1.57. The first kappa shape index (κ1) is 14.4. The first-order valence-electron chi connectivity index (χ1n) is 7.17. The number of hydrogen-bond donors (Lipinski definition) is 0. The van der Waals surface area contributed by atoms with Gasteiger partial charge in [-0.2, -0.15) is 5.10 Å². The number of azo groups is 1. The van der Waals surface area contributed by atoms with E-state index < -0.39 is 0 Å². The summed E-state index contributed by atoms with van der Waals surface area (Å²) in [6.07, 6.45) is 3.51. The van der Waals surface area contributed by atoms with Crippen molar-refractivity contribution in [2.75, 3.05) is 32.6 Å². The first-order chi connectivity index (χ1) is 10.5. The Kier molecular flexibility index (Phi) is 3.70. The molecule has 1 aromatic carbocycles. The Morgan fingerprint density at radius 3 is 2.86 bits per heavy atom. The second-order valence-corrected chi connectivity index (χ2v) is 5.53. The quantitative estimate of drug-likeness (QED) is 0.788. The molecule has 0 saturated carbocycles. The fourth-order valence-corrected chi connectivity index (χ4v) is 2.25. The molecule has 0 amide bonds. The van der Waals surface area contributed by atoms with E-state index in [-0.39, 0.29) is 0 Å². The molecule has 7 heteroatoms. The van der Waals surface area contributed by atoms with Crippen molar-refractivity contribution in [3.05, 3.63) is 30.2 Å². The highest BCUT2D eigenvalue weighted by Gasteiger charge is 2.21. The van der Waals surface area contributed by atoms with E-state index in [1.807, 2.05) is 43.4 Å². The van der Waals surface area contributed by atoms with Crippen molar-refractivity contribution in [3.63, 3.8) is 0 Å². The lowest BCUT2D eigenvalue weighted by atomic mass is 10.2. The largest absolute Gasteiger partial charge is 0.489 e. The van der Waals surface area contributed by atoms with Crippen molar-refractivity contribution in [2.45, 2.75) is 13.0 Å². The van der Waals surface area contributed by atoms with Crippen molar-refractivity contribution < 1.29 is 4.74 Å². The van der Waals surface area contributed by atoms with Crippen molar-refractivity contribution in [3.8, 4) is 5.75 Å². The van der Waals surface area contributed by atoms with Crippen LogP contribution in [0.1, 0.15) is 6.92 Å².